The lowest BCUT2D eigenvalue weighted by molar-refractivity contribution is 0.216. The Kier molecular flexibility index (Phi) is 4.82. The molecule has 0 aromatic carbocycles. The maximum absolute atomic E-state index is 4.30. The largest absolute Gasteiger partial charge is 0.295 e. The van der Waals surface area contributed by atoms with Gasteiger partial charge >= 0.3 is 0 Å². The Labute approximate surface area is 93.1 Å². The van der Waals surface area contributed by atoms with Crippen LogP contribution in [0.5, 0.6) is 0 Å². The zero-order valence-electron chi connectivity index (χ0n) is 10.4. The van der Waals surface area contributed by atoms with Gasteiger partial charge in [0.1, 0.15) is 0 Å². The summed E-state index contributed by atoms with van der Waals surface area (Å²) in [4.78, 5) is 2.50. The molecule has 1 aliphatic rings. The molecule has 3 heteroatoms. The van der Waals surface area contributed by atoms with Crippen molar-refractivity contribution in [3.63, 3.8) is 0 Å². The summed E-state index contributed by atoms with van der Waals surface area (Å²) in [7, 11) is 0. The van der Waals surface area contributed by atoms with Gasteiger partial charge in [0.15, 0.2) is 0 Å². The Morgan fingerprint density at radius 3 is 2.67 bits per heavy atom. The van der Waals surface area contributed by atoms with Crippen LogP contribution in [0.15, 0.2) is 12.3 Å². The van der Waals surface area contributed by atoms with Crippen LogP contribution in [-0.2, 0) is 13.1 Å². The summed E-state index contributed by atoms with van der Waals surface area (Å²) in [6.45, 7) is 11.8. The first kappa shape index (κ1) is 12.2. The number of hydrogen-bond acceptors (Lipinski definition) is 2. The lowest BCUT2D eigenvalue weighted by Gasteiger charge is -2.23. The van der Waals surface area contributed by atoms with Crippen molar-refractivity contribution in [2.75, 3.05) is 6.54 Å². The van der Waals surface area contributed by atoms with Gasteiger partial charge in [0.2, 0.25) is 0 Å². The van der Waals surface area contributed by atoms with Gasteiger partial charge in [-0.25, -0.2) is 0 Å². The van der Waals surface area contributed by atoms with E-state index in [1.54, 1.807) is 0 Å². The van der Waals surface area contributed by atoms with E-state index in [1.807, 2.05) is 20.0 Å². The quantitative estimate of drug-likeness (QED) is 0.708. The Hall–Kier alpha value is -0.830. The summed E-state index contributed by atoms with van der Waals surface area (Å²) in [5.41, 5.74) is 1.35. The number of fused-ring (bicyclic) bond motifs is 1. The summed E-state index contributed by atoms with van der Waals surface area (Å²) in [5, 5.41) is 4.30. The molecule has 0 unspecified atom stereocenters. The number of rotatable bonds is 1. The zero-order chi connectivity index (χ0) is 11.3. The van der Waals surface area contributed by atoms with E-state index in [0.717, 1.165) is 13.1 Å². The van der Waals surface area contributed by atoms with Crippen molar-refractivity contribution in [1.29, 1.82) is 0 Å². The maximum Gasteiger partial charge on any atom is 0.0524 e. The molecule has 1 aromatic rings. The average Bonchev–Trinajstić information content (AvgIpc) is 2.58. The van der Waals surface area contributed by atoms with Crippen molar-refractivity contribution >= 4 is 0 Å². The molecule has 86 valence electrons. The van der Waals surface area contributed by atoms with Gasteiger partial charge in [-0.05, 0) is 26.3 Å². The molecular weight excluding hydrogens is 186 g/mol. The second-order valence-electron chi connectivity index (χ2n) is 3.96. The molecule has 2 rings (SSSR count). The normalized spacial score (nSPS) is 16.6. The molecule has 0 amide bonds. The van der Waals surface area contributed by atoms with E-state index < -0.39 is 0 Å². The minimum absolute atomic E-state index is 0.640. The molecule has 0 aliphatic carbocycles. The van der Waals surface area contributed by atoms with Crippen LogP contribution in [0.25, 0.3) is 0 Å². The van der Waals surface area contributed by atoms with Crippen LogP contribution in [0.1, 0.15) is 39.8 Å². The zero-order valence-corrected chi connectivity index (χ0v) is 10.4. The molecule has 0 radical (unpaired) electrons. The number of hydrogen-bond donors (Lipinski definition) is 0. The van der Waals surface area contributed by atoms with Gasteiger partial charge in [-0.2, -0.15) is 5.10 Å². The van der Waals surface area contributed by atoms with E-state index >= 15 is 0 Å². The van der Waals surface area contributed by atoms with Crippen molar-refractivity contribution in [3.05, 3.63) is 18.0 Å². The summed E-state index contributed by atoms with van der Waals surface area (Å²) in [6, 6.07) is 2.77. The molecule has 15 heavy (non-hydrogen) atoms. The van der Waals surface area contributed by atoms with Crippen LogP contribution in [0, 0.1) is 0 Å². The van der Waals surface area contributed by atoms with Gasteiger partial charge in [-0.3, -0.25) is 9.58 Å². The molecule has 0 saturated carbocycles. The molecule has 3 nitrogen and oxygen atoms in total. The second-order valence-corrected chi connectivity index (χ2v) is 3.96. The van der Waals surface area contributed by atoms with Crippen molar-refractivity contribution < 1.29 is 0 Å². The lowest BCUT2D eigenvalue weighted by Crippen LogP contribution is -2.30. The van der Waals surface area contributed by atoms with E-state index in [9.17, 15) is 0 Å². The number of nitrogens with zero attached hydrogens (tertiary/aromatic N) is 3. The highest BCUT2D eigenvalue weighted by Crippen LogP contribution is 2.13. The monoisotopic (exact) mass is 209 g/mol. The van der Waals surface area contributed by atoms with Gasteiger partial charge in [-0.15, -0.1) is 0 Å². The van der Waals surface area contributed by atoms with Crippen LogP contribution in [0.2, 0.25) is 0 Å². The molecule has 1 aromatic heterocycles. The highest BCUT2D eigenvalue weighted by Gasteiger charge is 2.15. The van der Waals surface area contributed by atoms with Crippen LogP contribution < -0.4 is 0 Å². The fourth-order valence-corrected chi connectivity index (χ4v) is 1.85. The second kappa shape index (κ2) is 5.91. The van der Waals surface area contributed by atoms with E-state index in [1.165, 1.54) is 18.7 Å². The predicted molar refractivity (Wildman–Crippen MR) is 63.7 cm³/mol. The molecule has 0 N–H and O–H groups in total. The van der Waals surface area contributed by atoms with Crippen molar-refractivity contribution in [3.8, 4) is 0 Å². The van der Waals surface area contributed by atoms with Crippen LogP contribution in [-0.4, -0.2) is 27.3 Å². The molecule has 0 saturated heterocycles. The van der Waals surface area contributed by atoms with Gasteiger partial charge in [-0.1, -0.05) is 13.8 Å². The van der Waals surface area contributed by atoms with E-state index in [2.05, 4.69) is 34.6 Å². The Balaban J connectivity index is 0.000000531. The molecule has 1 aliphatic heterocycles. The van der Waals surface area contributed by atoms with Crippen molar-refractivity contribution in [2.24, 2.45) is 0 Å². The first-order valence-electron chi connectivity index (χ1n) is 6.02. The molecule has 0 bridgehead atoms. The van der Waals surface area contributed by atoms with E-state index in [0.29, 0.717) is 6.04 Å². The molecule has 0 fully saturated rings. The maximum atomic E-state index is 4.30. The number of aromatic nitrogens is 2. The van der Waals surface area contributed by atoms with Gasteiger partial charge in [0, 0.05) is 31.9 Å². The first-order valence-corrected chi connectivity index (χ1v) is 6.02. The first-order chi connectivity index (χ1) is 7.27. The number of aryl methyl sites for hydroxylation is 1. The average molecular weight is 209 g/mol. The van der Waals surface area contributed by atoms with Gasteiger partial charge in [0.05, 0.1) is 5.69 Å². The summed E-state index contributed by atoms with van der Waals surface area (Å²) >= 11 is 0. The fraction of sp³-hybridized carbons (Fsp3) is 0.750. The summed E-state index contributed by atoms with van der Waals surface area (Å²) < 4.78 is 2.13. The highest BCUT2D eigenvalue weighted by atomic mass is 15.3. The van der Waals surface area contributed by atoms with Crippen LogP contribution >= 0.6 is 0 Å². The molecular formula is C12H23N3. The third-order valence-corrected chi connectivity index (χ3v) is 2.72. The Morgan fingerprint density at radius 2 is 2.00 bits per heavy atom. The SMILES string of the molecule is CC.CC(C)N1CCCn2nccc2C1. The molecule has 0 spiro atoms. The standard InChI is InChI=1S/C10H17N3.C2H6/c1-9(2)12-6-3-7-13-10(8-12)4-5-11-13;1-2/h4-5,9H,3,6-8H2,1-2H3;1-2H3. The molecule has 2 heterocycles. The minimum Gasteiger partial charge on any atom is -0.295 e. The Bertz CT molecular complexity index is 278. The topological polar surface area (TPSA) is 21.1 Å². The third kappa shape index (κ3) is 3.06. The van der Waals surface area contributed by atoms with Gasteiger partial charge < -0.3 is 0 Å². The van der Waals surface area contributed by atoms with Crippen molar-refractivity contribution in [1.82, 2.24) is 14.7 Å². The van der Waals surface area contributed by atoms with Crippen LogP contribution in [0.4, 0.5) is 0 Å². The summed E-state index contributed by atoms with van der Waals surface area (Å²) in [5.74, 6) is 0. The van der Waals surface area contributed by atoms with E-state index in [-0.39, 0.29) is 0 Å². The summed E-state index contributed by atoms with van der Waals surface area (Å²) in [6.07, 6.45) is 3.12. The Morgan fingerprint density at radius 1 is 1.27 bits per heavy atom. The van der Waals surface area contributed by atoms with E-state index in [4.69, 9.17) is 0 Å². The highest BCUT2D eigenvalue weighted by molar-refractivity contribution is 5.01. The minimum atomic E-state index is 0.640. The molecule has 0 atom stereocenters. The van der Waals surface area contributed by atoms with Crippen LogP contribution in [0.3, 0.4) is 0 Å². The van der Waals surface area contributed by atoms with Crippen molar-refractivity contribution in [2.45, 2.75) is 53.2 Å². The fourth-order valence-electron chi connectivity index (χ4n) is 1.85. The third-order valence-electron chi connectivity index (χ3n) is 2.72. The lowest BCUT2D eigenvalue weighted by atomic mass is 10.3. The smallest absolute Gasteiger partial charge is 0.0524 e. The van der Waals surface area contributed by atoms with Gasteiger partial charge in [0.25, 0.3) is 0 Å². The predicted octanol–water partition coefficient (Wildman–Crippen LogP) is 2.52.